The lowest BCUT2D eigenvalue weighted by atomic mass is 9.81. The molecule has 0 aromatic carbocycles. The van der Waals surface area contributed by atoms with E-state index in [-0.39, 0.29) is 0 Å². The van der Waals surface area contributed by atoms with Crippen molar-refractivity contribution in [2.45, 2.75) is 44.9 Å². The predicted octanol–water partition coefficient (Wildman–Crippen LogP) is 4.14. The highest BCUT2D eigenvalue weighted by Crippen LogP contribution is 2.39. The van der Waals surface area contributed by atoms with Crippen molar-refractivity contribution >= 4 is 11.3 Å². The van der Waals surface area contributed by atoms with E-state index in [9.17, 15) is 0 Å². The van der Waals surface area contributed by atoms with Crippen molar-refractivity contribution in [3.8, 4) is 0 Å². The molecule has 0 atom stereocenters. The molecule has 0 aliphatic heterocycles. The zero-order valence-electron chi connectivity index (χ0n) is 7.84. The lowest BCUT2D eigenvalue weighted by Gasteiger charge is -2.24. The SMILES string of the molecule is CC(C)c1cc(C2CCC2)cs1. The summed E-state index contributed by atoms with van der Waals surface area (Å²) in [6, 6.07) is 2.42. The molecule has 0 unspecified atom stereocenters. The molecule has 1 heterocycles. The maximum Gasteiger partial charge on any atom is 0.00736 e. The smallest absolute Gasteiger partial charge is 0.00736 e. The first-order valence-electron chi connectivity index (χ1n) is 4.85. The average Bonchev–Trinajstić information content (AvgIpc) is 2.32. The summed E-state index contributed by atoms with van der Waals surface area (Å²) in [5, 5.41) is 2.36. The minimum Gasteiger partial charge on any atom is -0.148 e. The van der Waals surface area contributed by atoms with Gasteiger partial charge in [0.25, 0.3) is 0 Å². The van der Waals surface area contributed by atoms with Crippen LogP contribution in [0, 0.1) is 0 Å². The fraction of sp³-hybridized carbons (Fsp3) is 0.636. The number of thiophene rings is 1. The molecule has 66 valence electrons. The maximum absolute atomic E-state index is 2.42. The maximum atomic E-state index is 2.42. The number of hydrogen-bond donors (Lipinski definition) is 0. The van der Waals surface area contributed by atoms with Crippen molar-refractivity contribution in [2.24, 2.45) is 0 Å². The summed E-state index contributed by atoms with van der Waals surface area (Å²) in [6.07, 6.45) is 4.29. The Kier molecular flexibility index (Phi) is 2.22. The van der Waals surface area contributed by atoms with Crippen molar-refractivity contribution in [2.75, 3.05) is 0 Å². The average molecular weight is 180 g/mol. The van der Waals surface area contributed by atoms with Crippen molar-refractivity contribution in [1.82, 2.24) is 0 Å². The number of hydrogen-bond acceptors (Lipinski definition) is 1. The van der Waals surface area contributed by atoms with Crippen LogP contribution in [0.1, 0.15) is 55.4 Å². The first-order chi connectivity index (χ1) is 5.77. The van der Waals surface area contributed by atoms with E-state index in [4.69, 9.17) is 0 Å². The van der Waals surface area contributed by atoms with Gasteiger partial charge in [-0.25, -0.2) is 0 Å². The Morgan fingerprint density at radius 1 is 1.42 bits per heavy atom. The topological polar surface area (TPSA) is 0 Å². The van der Waals surface area contributed by atoms with Crippen LogP contribution in [0.4, 0.5) is 0 Å². The van der Waals surface area contributed by atoms with Crippen LogP contribution in [0.15, 0.2) is 11.4 Å². The molecule has 1 aliphatic rings. The fourth-order valence-corrected chi connectivity index (χ4v) is 2.64. The first-order valence-corrected chi connectivity index (χ1v) is 5.73. The Morgan fingerprint density at radius 3 is 2.58 bits per heavy atom. The van der Waals surface area contributed by atoms with Gasteiger partial charge in [-0.1, -0.05) is 20.3 Å². The second-order valence-corrected chi connectivity index (χ2v) is 5.01. The van der Waals surface area contributed by atoms with Crippen LogP contribution in [0.3, 0.4) is 0 Å². The Hall–Kier alpha value is -0.300. The Labute approximate surface area is 78.6 Å². The van der Waals surface area contributed by atoms with Gasteiger partial charge < -0.3 is 0 Å². The van der Waals surface area contributed by atoms with E-state index >= 15 is 0 Å². The van der Waals surface area contributed by atoms with Crippen molar-refractivity contribution in [1.29, 1.82) is 0 Å². The zero-order valence-corrected chi connectivity index (χ0v) is 8.66. The highest BCUT2D eigenvalue weighted by Gasteiger charge is 2.20. The minimum atomic E-state index is 0.712. The standard InChI is InChI=1S/C11H16S/c1-8(2)11-6-10(7-12-11)9-4-3-5-9/h6-9H,3-5H2,1-2H3. The Balaban J connectivity index is 2.12. The lowest BCUT2D eigenvalue weighted by Crippen LogP contribution is -2.07. The molecule has 1 heteroatoms. The third kappa shape index (κ3) is 1.42. The molecule has 1 aromatic rings. The molecule has 1 aliphatic carbocycles. The van der Waals surface area contributed by atoms with E-state index in [1.807, 2.05) is 11.3 Å². The van der Waals surface area contributed by atoms with Gasteiger partial charge in [-0.3, -0.25) is 0 Å². The molecule has 0 amide bonds. The quantitative estimate of drug-likeness (QED) is 0.641. The second kappa shape index (κ2) is 3.21. The van der Waals surface area contributed by atoms with Gasteiger partial charge in [0, 0.05) is 4.88 Å². The van der Waals surface area contributed by atoms with E-state index in [2.05, 4.69) is 25.3 Å². The highest BCUT2D eigenvalue weighted by atomic mass is 32.1. The molecule has 1 fully saturated rings. The highest BCUT2D eigenvalue weighted by molar-refractivity contribution is 7.10. The van der Waals surface area contributed by atoms with Gasteiger partial charge >= 0.3 is 0 Å². The van der Waals surface area contributed by atoms with E-state index in [0.717, 1.165) is 5.92 Å². The summed E-state index contributed by atoms with van der Waals surface area (Å²) in [4.78, 5) is 1.55. The van der Waals surface area contributed by atoms with Crippen molar-refractivity contribution < 1.29 is 0 Å². The molecule has 0 radical (unpaired) electrons. The van der Waals surface area contributed by atoms with Crippen LogP contribution < -0.4 is 0 Å². The van der Waals surface area contributed by atoms with Crippen LogP contribution in [-0.2, 0) is 0 Å². The third-order valence-electron chi connectivity index (χ3n) is 2.79. The van der Waals surface area contributed by atoms with Crippen LogP contribution in [0.25, 0.3) is 0 Å². The number of rotatable bonds is 2. The molecule has 0 spiro atoms. The molecule has 2 rings (SSSR count). The lowest BCUT2D eigenvalue weighted by molar-refractivity contribution is 0.420. The summed E-state index contributed by atoms with van der Waals surface area (Å²) < 4.78 is 0. The molecular weight excluding hydrogens is 164 g/mol. The largest absolute Gasteiger partial charge is 0.148 e. The third-order valence-corrected chi connectivity index (χ3v) is 4.04. The van der Waals surface area contributed by atoms with E-state index in [1.165, 1.54) is 19.3 Å². The fourth-order valence-electron chi connectivity index (χ4n) is 1.63. The molecule has 0 saturated heterocycles. The van der Waals surface area contributed by atoms with Gasteiger partial charge in [0.1, 0.15) is 0 Å². The van der Waals surface area contributed by atoms with Gasteiger partial charge in [-0.05, 0) is 41.7 Å². The molecule has 0 bridgehead atoms. The summed E-state index contributed by atoms with van der Waals surface area (Å²) in [5.74, 6) is 1.62. The monoisotopic (exact) mass is 180 g/mol. The summed E-state index contributed by atoms with van der Waals surface area (Å²) >= 11 is 1.94. The minimum absolute atomic E-state index is 0.712. The van der Waals surface area contributed by atoms with E-state index in [0.29, 0.717) is 5.92 Å². The molecule has 1 aromatic heterocycles. The van der Waals surface area contributed by atoms with Gasteiger partial charge in [-0.15, -0.1) is 11.3 Å². The Bertz CT molecular complexity index is 256. The summed E-state index contributed by atoms with van der Waals surface area (Å²) in [6.45, 7) is 4.55. The van der Waals surface area contributed by atoms with Crippen molar-refractivity contribution in [3.05, 3.63) is 21.9 Å². The first kappa shape index (κ1) is 8.31. The molecule has 0 nitrogen and oxygen atoms in total. The molecule has 0 N–H and O–H groups in total. The summed E-state index contributed by atoms with van der Waals surface area (Å²) in [5.41, 5.74) is 1.61. The molecule has 12 heavy (non-hydrogen) atoms. The summed E-state index contributed by atoms with van der Waals surface area (Å²) in [7, 11) is 0. The van der Waals surface area contributed by atoms with Crippen molar-refractivity contribution in [3.63, 3.8) is 0 Å². The second-order valence-electron chi connectivity index (χ2n) is 4.06. The predicted molar refractivity (Wildman–Crippen MR) is 55.0 cm³/mol. The van der Waals surface area contributed by atoms with E-state index < -0.39 is 0 Å². The zero-order chi connectivity index (χ0) is 8.55. The normalized spacial score (nSPS) is 18.2. The van der Waals surface area contributed by atoms with Crippen LogP contribution in [0.2, 0.25) is 0 Å². The molecule has 1 saturated carbocycles. The van der Waals surface area contributed by atoms with Crippen LogP contribution in [-0.4, -0.2) is 0 Å². The Morgan fingerprint density at radius 2 is 2.17 bits per heavy atom. The molecular formula is C11H16S. The van der Waals surface area contributed by atoms with Crippen LogP contribution in [0.5, 0.6) is 0 Å². The van der Waals surface area contributed by atoms with Gasteiger partial charge in [0.05, 0.1) is 0 Å². The van der Waals surface area contributed by atoms with Crippen LogP contribution >= 0.6 is 11.3 Å². The van der Waals surface area contributed by atoms with Gasteiger partial charge in [0.2, 0.25) is 0 Å². The van der Waals surface area contributed by atoms with Gasteiger partial charge in [-0.2, -0.15) is 0 Å². The van der Waals surface area contributed by atoms with Gasteiger partial charge in [0.15, 0.2) is 0 Å². The van der Waals surface area contributed by atoms with E-state index in [1.54, 1.807) is 10.4 Å².